The van der Waals surface area contributed by atoms with Gasteiger partial charge in [0.15, 0.2) is 6.29 Å². The quantitative estimate of drug-likeness (QED) is 0.706. The molecule has 3 heteroatoms. The van der Waals surface area contributed by atoms with Gasteiger partial charge in [-0.2, -0.15) is 0 Å². The van der Waals surface area contributed by atoms with E-state index < -0.39 is 0 Å². The first-order valence-electron chi connectivity index (χ1n) is 4.28. The van der Waals surface area contributed by atoms with Crippen LogP contribution in [-0.4, -0.2) is 13.4 Å². The molecule has 0 amide bonds. The number of methoxy groups -OCH3 is 1. The Morgan fingerprint density at radius 2 is 2.21 bits per heavy atom. The largest absolute Gasteiger partial charge is 0.497 e. The number of hydrogen-bond acceptors (Lipinski definition) is 3. The van der Waals surface area contributed by atoms with Crippen LogP contribution >= 0.6 is 11.3 Å². The lowest BCUT2D eigenvalue weighted by Gasteiger charge is -1.98. The molecular weight excluding hydrogens is 196 g/mol. The maximum Gasteiger partial charge on any atom is 0.151 e. The minimum absolute atomic E-state index is 0.799. The second-order valence-corrected chi connectivity index (χ2v) is 4.31. The molecule has 0 N–H and O–H groups in total. The summed E-state index contributed by atoms with van der Waals surface area (Å²) >= 11 is 1.62. The van der Waals surface area contributed by atoms with Gasteiger partial charge in [0.1, 0.15) is 5.75 Å². The van der Waals surface area contributed by atoms with Gasteiger partial charge in [-0.25, -0.2) is 0 Å². The molecule has 0 radical (unpaired) electrons. The van der Waals surface area contributed by atoms with Gasteiger partial charge in [-0.1, -0.05) is 0 Å². The summed E-state index contributed by atoms with van der Waals surface area (Å²) in [5.74, 6) is 0.830. The van der Waals surface area contributed by atoms with Gasteiger partial charge in [-0.05, 0) is 25.1 Å². The average molecular weight is 206 g/mol. The highest BCUT2D eigenvalue weighted by Gasteiger charge is 2.08. The molecular formula is C11H10O2S. The molecule has 1 heterocycles. The van der Waals surface area contributed by atoms with Crippen LogP contribution in [-0.2, 0) is 0 Å². The van der Waals surface area contributed by atoms with Gasteiger partial charge in [0, 0.05) is 20.5 Å². The van der Waals surface area contributed by atoms with E-state index in [0.717, 1.165) is 32.6 Å². The molecule has 0 saturated carbocycles. The third-order valence-corrected chi connectivity index (χ3v) is 3.32. The van der Waals surface area contributed by atoms with Gasteiger partial charge in [-0.3, -0.25) is 4.79 Å². The van der Waals surface area contributed by atoms with Crippen LogP contribution in [0.3, 0.4) is 0 Å². The number of hydrogen-bond donors (Lipinski definition) is 0. The first-order valence-corrected chi connectivity index (χ1v) is 5.10. The van der Waals surface area contributed by atoms with Crippen LogP contribution in [0.25, 0.3) is 10.1 Å². The van der Waals surface area contributed by atoms with Crippen molar-refractivity contribution < 1.29 is 9.53 Å². The number of carbonyl (C=O) groups excluding carboxylic acids is 1. The van der Waals surface area contributed by atoms with Crippen LogP contribution in [0.5, 0.6) is 5.75 Å². The third-order valence-electron chi connectivity index (χ3n) is 2.24. The lowest BCUT2D eigenvalue weighted by molar-refractivity contribution is 0.112. The fraction of sp³-hybridized carbons (Fsp3) is 0.182. The van der Waals surface area contributed by atoms with Crippen molar-refractivity contribution in [3.05, 3.63) is 28.6 Å². The number of aryl methyl sites for hydroxylation is 1. The molecule has 14 heavy (non-hydrogen) atoms. The summed E-state index contributed by atoms with van der Waals surface area (Å²) in [6.45, 7) is 1.96. The number of ether oxygens (including phenoxy) is 1. The molecule has 72 valence electrons. The van der Waals surface area contributed by atoms with E-state index in [1.165, 1.54) is 0 Å². The molecule has 0 aliphatic rings. The predicted molar refractivity (Wildman–Crippen MR) is 58.5 cm³/mol. The SMILES string of the molecule is COc1ccc2c(C=O)c(C)sc2c1. The van der Waals surface area contributed by atoms with Gasteiger partial charge in [0.25, 0.3) is 0 Å². The van der Waals surface area contributed by atoms with E-state index in [4.69, 9.17) is 4.74 Å². The van der Waals surface area contributed by atoms with Crippen molar-refractivity contribution in [1.29, 1.82) is 0 Å². The molecule has 0 saturated heterocycles. The van der Waals surface area contributed by atoms with Gasteiger partial charge in [-0.15, -0.1) is 11.3 Å². The topological polar surface area (TPSA) is 26.3 Å². The Bertz CT molecular complexity index is 485. The zero-order valence-corrected chi connectivity index (χ0v) is 8.85. The minimum atomic E-state index is 0.799. The average Bonchev–Trinajstić information content (AvgIpc) is 2.51. The molecule has 0 aliphatic carbocycles. The van der Waals surface area contributed by atoms with Crippen molar-refractivity contribution in [1.82, 2.24) is 0 Å². The smallest absolute Gasteiger partial charge is 0.151 e. The molecule has 2 aromatic rings. The second kappa shape index (κ2) is 3.42. The Labute approximate surface area is 86.1 Å². The molecule has 0 atom stereocenters. The van der Waals surface area contributed by atoms with E-state index in [9.17, 15) is 4.79 Å². The number of benzene rings is 1. The molecule has 0 bridgehead atoms. The van der Waals surface area contributed by atoms with Crippen LogP contribution in [0.2, 0.25) is 0 Å². The first kappa shape index (κ1) is 9.21. The maximum absolute atomic E-state index is 10.8. The second-order valence-electron chi connectivity index (χ2n) is 3.05. The first-order chi connectivity index (χ1) is 6.76. The highest BCUT2D eigenvalue weighted by Crippen LogP contribution is 2.32. The molecule has 1 aromatic carbocycles. The van der Waals surface area contributed by atoms with Crippen molar-refractivity contribution >= 4 is 27.7 Å². The third kappa shape index (κ3) is 1.30. The summed E-state index contributed by atoms with van der Waals surface area (Å²) in [5.41, 5.74) is 0.799. The summed E-state index contributed by atoms with van der Waals surface area (Å²) in [6.07, 6.45) is 0.917. The standard InChI is InChI=1S/C11H10O2S/c1-7-10(6-12)9-4-3-8(13-2)5-11(9)14-7/h3-6H,1-2H3. The maximum atomic E-state index is 10.8. The van der Waals surface area contributed by atoms with Crippen molar-refractivity contribution in [2.75, 3.05) is 7.11 Å². The Morgan fingerprint density at radius 1 is 1.43 bits per heavy atom. The molecule has 0 spiro atoms. The van der Waals surface area contributed by atoms with Crippen LogP contribution in [0.4, 0.5) is 0 Å². The van der Waals surface area contributed by atoms with Crippen LogP contribution in [0.15, 0.2) is 18.2 Å². The molecule has 2 nitrogen and oxygen atoms in total. The van der Waals surface area contributed by atoms with Crippen molar-refractivity contribution in [3.8, 4) is 5.75 Å². The summed E-state index contributed by atoms with van der Waals surface area (Å²) in [6, 6.07) is 5.77. The van der Waals surface area contributed by atoms with E-state index in [0.29, 0.717) is 0 Å². The normalized spacial score (nSPS) is 10.4. The lowest BCUT2D eigenvalue weighted by Crippen LogP contribution is -1.82. The highest BCUT2D eigenvalue weighted by atomic mass is 32.1. The molecule has 0 fully saturated rings. The van der Waals surface area contributed by atoms with E-state index in [1.54, 1.807) is 18.4 Å². The van der Waals surface area contributed by atoms with Crippen LogP contribution in [0.1, 0.15) is 15.2 Å². The molecule has 0 aliphatic heterocycles. The fourth-order valence-electron chi connectivity index (χ4n) is 1.49. The Balaban J connectivity index is 2.74. The zero-order valence-electron chi connectivity index (χ0n) is 8.03. The fourth-order valence-corrected chi connectivity index (χ4v) is 2.55. The van der Waals surface area contributed by atoms with Gasteiger partial charge < -0.3 is 4.74 Å². The van der Waals surface area contributed by atoms with E-state index >= 15 is 0 Å². The Hall–Kier alpha value is -1.35. The summed E-state index contributed by atoms with van der Waals surface area (Å²) in [5, 5.41) is 1.02. The van der Waals surface area contributed by atoms with Crippen molar-refractivity contribution in [3.63, 3.8) is 0 Å². The summed E-state index contributed by atoms with van der Waals surface area (Å²) < 4.78 is 6.22. The Morgan fingerprint density at radius 3 is 2.86 bits per heavy atom. The van der Waals surface area contributed by atoms with E-state index in [1.807, 2.05) is 25.1 Å². The van der Waals surface area contributed by atoms with E-state index in [-0.39, 0.29) is 0 Å². The van der Waals surface area contributed by atoms with Gasteiger partial charge in [0.05, 0.1) is 7.11 Å². The summed E-state index contributed by atoms with van der Waals surface area (Å²) in [7, 11) is 1.64. The minimum Gasteiger partial charge on any atom is -0.497 e. The zero-order chi connectivity index (χ0) is 10.1. The number of aldehydes is 1. The number of fused-ring (bicyclic) bond motifs is 1. The van der Waals surface area contributed by atoms with Gasteiger partial charge in [0.2, 0.25) is 0 Å². The molecule has 0 unspecified atom stereocenters. The van der Waals surface area contributed by atoms with Crippen LogP contribution in [0, 0.1) is 6.92 Å². The van der Waals surface area contributed by atoms with Crippen LogP contribution < -0.4 is 4.74 Å². The van der Waals surface area contributed by atoms with E-state index in [2.05, 4.69) is 0 Å². The summed E-state index contributed by atoms with van der Waals surface area (Å²) in [4.78, 5) is 11.9. The monoisotopic (exact) mass is 206 g/mol. The Kier molecular flexibility index (Phi) is 2.25. The van der Waals surface area contributed by atoms with Crippen molar-refractivity contribution in [2.45, 2.75) is 6.92 Å². The highest BCUT2D eigenvalue weighted by molar-refractivity contribution is 7.19. The van der Waals surface area contributed by atoms with Crippen molar-refractivity contribution in [2.24, 2.45) is 0 Å². The number of thiophene rings is 1. The lowest BCUT2D eigenvalue weighted by atomic mass is 10.1. The molecule has 1 aromatic heterocycles. The predicted octanol–water partition coefficient (Wildman–Crippen LogP) is 3.03. The molecule has 2 rings (SSSR count). The number of rotatable bonds is 2. The number of carbonyl (C=O) groups is 1. The van der Waals surface area contributed by atoms with Gasteiger partial charge >= 0.3 is 0 Å².